The predicted octanol–water partition coefficient (Wildman–Crippen LogP) is 4.04. The number of methoxy groups -OCH3 is 2. The van der Waals surface area contributed by atoms with Gasteiger partial charge in [0.15, 0.2) is 17.2 Å². The highest BCUT2D eigenvalue weighted by molar-refractivity contribution is 5.93. The Kier molecular flexibility index (Phi) is 6.15. The third-order valence-electron chi connectivity index (χ3n) is 5.67. The average Bonchev–Trinajstić information content (AvgIpc) is 3.12. The number of nitrogens with one attached hydrogen (secondary N) is 3. The van der Waals surface area contributed by atoms with Gasteiger partial charge in [0.1, 0.15) is 28.8 Å². The second-order valence-electron chi connectivity index (χ2n) is 8.24. The third-order valence-corrected chi connectivity index (χ3v) is 5.67. The van der Waals surface area contributed by atoms with E-state index in [9.17, 15) is 14.4 Å². The number of aromatic nitrogens is 4. The molecular formula is C24H24FN7O3. The van der Waals surface area contributed by atoms with Crippen molar-refractivity contribution >= 4 is 34.0 Å². The van der Waals surface area contributed by atoms with Gasteiger partial charge in [-0.25, -0.2) is 14.4 Å². The normalized spacial score (nSPS) is 11.3. The van der Waals surface area contributed by atoms with Gasteiger partial charge in [-0.2, -0.15) is 5.26 Å². The van der Waals surface area contributed by atoms with E-state index in [1.165, 1.54) is 23.9 Å². The van der Waals surface area contributed by atoms with E-state index in [-0.39, 0.29) is 22.4 Å². The number of ether oxygens (including phenoxy) is 2. The van der Waals surface area contributed by atoms with Crippen molar-refractivity contribution in [3.63, 3.8) is 0 Å². The largest absolute Gasteiger partial charge is 0.492 e. The van der Waals surface area contributed by atoms with Crippen LogP contribution in [0, 0.1) is 17.1 Å². The van der Waals surface area contributed by atoms with Crippen molar-refractivity contribution in [2.24, 2.45) is 7.05 Å². The molecule has 4 aromatic rings. The average molecular weight is 478 g/mol. The number of para-hydroxylation sites is 1. The number of hydrogen-bond donors (Lipinski definition) is 3. The Bertz CT molecular complexity index is 1520. The predicted molar refractivity (Wildman–Crippen MR) is 130 cm³/mol. The number of nitrogens with zero attached hydrogens (tertiary/aromatic N) is 4. The van der Waals surface area contributed by atoms with Gasteiger partial charge in [-0.3, -0.25) is 14.6 Å². The molecule has 0 aliphatic rings. The molecule has 3 heterocycles. The molecular weight excluding hydrogens is 453 g/mol. The van der Waals surface area contributed by atoms with Gasteiger partial charge < -0.3 is 20.1 Å². The highest BCUT2D eigenvalue weighted by atomic mass is 19.1. The number of anilines is 4. The third kappa shape index (κ3) is 4.39. The van der Waals surface area contributed by atoms with Crippen molar-refractivity contribution in [2.45, 2.75) is 19.4 Å². The molecule has 180 valence electrons. The number of aromatic amines is 1. The molecule has 0 spiro atoms. The molecule has 10 nitrogen and oxygen atoms in total. The van der Waals surface area contributed by atoms with Gasteiger partial charge >= 0.3 is 0 Å². The van der Waals surface area contributed by atoms with E-state index in [2.05, 4.69) is 31.8 Å². The van der Waals surface area contributed by atoms with Crippen molar-refractivity contribution in [3.8, 4) is 11.8 Å². The monoisotopic (exact) mass is 477 g/mol. The Morgan fingerprint density at radius 3 is 2.57 bits per heavy atom. The van der Waals surface area contributed by atoms with E-state index in [1.54, 1.807) is 38.4 Å². The minimum atomic E-state index is -0.696. The first kappa shape index (κ1) is 23.7. The Labute approximate surface area is 200 Å². The first-order valence-electron chi connectivity index (χ1n) is 10.6. The molecule has 0 aliphatic carbocycles. The van der Waals surface area contributed by atoms with Gasteiger partial charge in [0.2, 0.25) is 0 Å². The fraction of sp³-hybridized carbons (Fsp3) is 0.250. The molecule has 0 unspecified atom stereocenters. The Morgan fingerprint density at radius 2 is 1.89 bits per heavy atom. The standard InChI is InChI=1S/C24H24FN7O3/c1-24(2,35-5)13-9-10-18(28-17(13)12-26)29-19-11-16(20-22(30-19)31-32(3)23(20)33)27-15-8-6-7-14(25)21(15)34-4/h6-11H,1-5H3,(H3,27,28,29,30,31). The van der Waals surface area contributed by atoms with Gasteiger partial charge in [-0.1, -0.05) is 6.07 Å². The van der Waals surface area contributed by atoms with Crippen LogP contribution in [0.4, 0.5) is 27.4 Å². The summed E-state index contributed by atoms with van der Waals surface area (Å²) in [5.41, 5.74) is 0.860. The molecule has 0 saturated carbocycles. The van der Waals surface area contributed by atoms with E-state index in [1.807, 2.05) is 13.8 Å². The lowest BCUT2D eigenvalue weighted by atomic mass is 9.96. The first-order valence-corrected chi connectivity index (χ1v) is 10.6. The molecule has 4 rings (SSSR count). The summed E-state index contributed by atoms with van der Waals surface area (Å²) >= 11 is 0. The van der Waals surface area contributed by atoms with Crippen LogP contribution in [0.25, 0.3) is 11.0 Å². The summed E-state index contributed by atoms with van der Waals surface area (Å²) in [5.74, 6) is 0.176. The van der Waals surface area contributed by atoms with E-state index in [0.29, 0.717) is 34.2 Å². The molecule has 0 aliphatic heterocycles. The van der Waals surface area contributed by atoms with Crippen LogP contribution < -0.4 is 20.9 Å². The van der Waals surface area contributed by atoms with E-state index < -0.39 is 11.4 Å². The van der Waals surface area contributed by atoms with E-state index in [0.717, 1.165) is 0 Å². The Hall–Kier alpha value is -4.43. The molecule has 0 fully saturated rings. The van der Waals surface area contributed by atoms with Gasteiger partial charge in [0.25, 0.3) is 5.56 Å². The van der Waals surface area contributed by atoms with Crippen molar-refractivity contribution < 1.29 is 13.9 Å². The minimum Gasteiger partial charge on any atom is -0.492 e. The lowest BCUT2D eigenvalue weighted by Crippen LogP contribution is -2.21. The Balaban J connectivity index is 1.79. The van der Waals surface area contributed by atoms with Gasteiger partial charge in [-0.15, -0.1) is 0 Å². The topological polar surface area (TPSA) is 130 Å². The number of benzene rings is 1. The van der Waals surface area contributed by atoms with Crippen molar-refractivity contribution in [1.29, 1.82) is 5.26 Å². The molecule has 0 radical (unpaired) electrons. The Morgan fingerprint density at radius 1 is 1.11 bits per heavy atom. The van der Waals surface area contributed by atoms with E-state index >= 15 is 0 Å². The highest BCUT2D eigenvalue weighted by Crippen LogP contribution is 2.33. The molecule has 35 heavy (non-hydrogen) atoms. The number of aryl methyl sites for hydroxylation is 1. The summed E-state index contributed by atoms with van der Waals surface area (Å²) in [4.78, 5) is 21.6. The second-order valence-corrected chi connectivity index (χ2v) is 8.24. The maximum Gasteiger partial charge on any atom is 0.277 e. The van der Waals surface area contributed by atoms with Crippen LogP contribution in [0.1, 0.15) is 25.1 Å². The molecule has 3 N–H and O–H groups in total. The fourth-order valence-electron chi connectivity index (χ4n) is 3.68. The number of pyridine rings is 2. The SMILES string of the molecule is COc1c(F)cccc1Nc1cc(Nc2ccc(C(C)(C)OC)c(C#N)n2)nc2[nH]n(C)c(=O)c12. The zero-order valence-corrected chi connectivity index (χ0v) is 19.9. The summed E-state index contributed by atoms with van der Waals surface area (Å²) in [6.45, 7) is 3.69. The van der Waals surface area contributed by atoms with Gasteiger partial charge in [0, 0.05) is 25.8 Å². The number of fused-ring (bicyclic) bond motifs is 1. The summed E-state index contributed by atoms with van der Waals surface area (Å²) in [6, 6.07) is 11.6. The van der Waals surface area contributed by atoms with Crippen molar-refractivity contribution in [1.82, 2.24) is 19.7 Å². The van der Waals surface area contributed by atoms with Crippen LogP contribution in [0.15, 0.2) is 41.2 Å². The van der Waals surface area contributed by atoms with Crippen LogP contribution >= 0.6 is 0 Å². The van der Waals surface area contributed by atoms with E-state index in [4.69, 9.17) is 9.47 Å². The lowest BCUT2D eigenvalue weighted by molar-refractivity contribution is 0.0187. The highest BCUT2D eigenvalue weighted by Gasteiger charge is 2.24. The number of halogens is 1. The summed E-state index contributed by atoms with van der Waals surface area (Å²) < 4.78 is 26.2. The minimum absolute atomic E-state index is 0.0102. The molecule has 0 saturated heterocycles. The molecule has 0 amide bonds. The summed E-state index contributed by atoms with van der Waals surface area (Å²) in [5, 5.41) is 18.9. The zero-order chi connectivity index (χ0) is 25.3. The first-order chi connectivity index (χ1) is 16.7. The molecule has 1 aromatic carbocycles. The van der Waals surface area contributed by atoms with Gasteiger partial charge in [0.05, 0.1) is 24.1 Å². The zero-order valence-electron chi connectivity index (χ0n) is 19.9. The smallest absolute Gasteiger partial charge is 0.277 e. The molecule has 0 atom stereocenters. The maximum absolute atomic E-state index is 14.2. The van der Waals surface area contributed by atoms with Crippen LogP contribution in [-0.2, 0) is 17.4 Å². The molecule has 11 heteroatoms. The number of hydrogen-bond acceptors (Lipinski definition) is 8. The molecule has 0 bridgehead atoms. The molecule has 3 aromatic heterocycles. The van der Waals surface area contributed by atoms with Crippen molar-refractivity contribution in [3.05, 3.63) is 63.8 Å². The quantitative estimate of drug-likeness (QED) is 0.364. The van der Waals surface area contributed by atoms with Crippen LogP contribution in [-0.4, -0.2) is 34.0 Å². The van der Waals surface area contributed by atoms with Crippen molar-refractivity contribution in [2.75, 3.05) is 24.9 Å². The number of rotatable bonds is 7. The fourth-order valence-corrected chi connectivity index (χ4v) is 3.68. The second kappa shape index (κ2) is 9.08. The van der Waals surface area contributed by atoms with Crippen LogP contribution in [0.2, 0.25) is 0 Å². The van der Waals surface area contributed by atoms with Crippen LogP contribution in [0.5, 0.6) is 5.75 Å². The lowest BCUT2D eigenvalue weighted by Gasteiger charge is -2.24. The summed E-state index contributed by atoms with van der Waals surface area (Å²) in [6.07, 6.45) is 0. The number of H-pyrrole nitrogens is 1. The summed E-state index contributed by atoms with van der Waals surface area (Å²) in [7, 11) is 4.50. The number of nitriles is 1. The van der Waals surface area contributed by atoms with Crippen LogP contribution in [0.3, 0.4) is 0 Å². The van der Waals surface area contributed by atoms with Gasteiger partial charge in [-0.05, 0) is 38.1 Å². The maximum atomic E-state index is 14.2.